The molecule has 1 saturated carbocycles. The molecule has 8 heteroatoms. The van der Waals surface area contributed by atoms with Crippen molar-refractivity contribution >= 4 is 33.2 Å². The zero-order valence-corrected chi connectivity index (χ0v) is 17.7. The Morgan fingerprint density at radius 2 is 1.72 bits per heavy atom. The van der Waals surface area contributed by atoms with E-state index in [4.69, 9.17) is 11.6 Å². The van der Waals surface area contributed by atoms with E-state index in [2.05, 4.69) is 15.4 Å². The van der Waals surface area contributed by atoms with E-state index in [-0.39, 0.29) is 22.9 Å². The molecule has 2 aromatic carbocycles. The highest BCUT2D eigenvalue weighted by atomic mass is 35.5. The maximum absolute atomic E-state index is 12.9. The maximum Gasteiger partial charge on any atom is 0.261 e. The van der Waals surface area contributed by atoms with E-state index < -0.39 is 16.1 Å². The average Bonchev–Trinajstić information content (AvgIpc) is 2.69. The number of hydrogen-bond donors (Lipinski definition) is 3. The second-order valence-corrected chi connectivity index (χ2v) is 9.87. The first-order valence-electron chi connectivity index (χ1n) is 9.79. The standard InChI is InChI=1S/C21H24ClN3O3S/c1-13-6-9-15(10-7-13)29(27,28)25-17-11-8-14(22)12-16(17)20-21(26)24-19-5-3-2-4-18(19)23-20/h6-12,18-20,23,25H,2-5H2,1H3,(H,24,26). The van der Waals surface area contributed by atoms with Gasteiger partial charge in [0, 0.05) is 22.7 Å². The molecule has 4 rings (SSSR count). The smallest absolute Gasteiger partial charge is 0.261 e. The number of amides is 1. The largest absolute Gasteiger partial charge is 0.350 e. The molecule has 3 atom stereocenters. The van der Waals surface area contributed by atoms with Crippen LogP contribution in [-0.2, 0) is 14.8 Å². The third kappa shape index (κ3) is 4.27. The van der Waals surface area contributed by atoms with Crippen LogP contribution >= 0.6 is 11.6 Å². The second kappa shape index (κ2) is 7.97. The number of fused-ring (bicyclic) bond motifs is 1. The minimum absolute atomic E-state index is 0.124. The molecule has 3 N–H and O–H groups in total. The van der Waals surface area contributed by atoms with Gasteiger partial charge in [-0.05, 0) is 50.1 Å². The summed E-state index contributed by atoms with van der Waals surface area (Å²) < 4.78 is 28.4. The van der Waals surface area contributed by atoms with Gasteiger partial charge in [-0.3, -0.25) is 14.8 Å². The van der Waals surface area contributed by atoms with Gasteiger partial charge in [-0.2, -0.15) is 0 Å². The summed E-state index contributed by atoms with van der Waals surface area (Å²) in [7, 11) is -3.80. The second-order valence-electron chi connectivity index (χ2n) is 7.76. The van der Waals surface area contributed by atoms with Gasteiger partial charge in [-0.15, -0.1) is 0 Å². The van der Waals surface area contributed by atoms with E-state index in [0.717, 1.165) is 31.2 Å². The van der Waals surface area contributed by atoms with Crippen molar-refractivity contribution in [1.29, 1.82) is 0 Å². The molecular formula is C21H24ClN3O3S. The van der Waals surface area contributed by atoms with Crippen LogP contribution in [0.5, 0.6) is 0 Å². The lowest BCUT2D eigenvalue weighted by Crippen LogP contribution is -2.61. The number of carbonyl (C=O) groups excluding carboxylic acids is 1. The summed E-state index contributed by atoms with van der Waals surface area (Å²) in [6, 6.07) is 11.1. The first-order valence-corrected chi connectivity index (χ1v) is 11.6. The molecule has 6 nitrogen and oxygen atoms in total. The van der Waals surface area contributed by atoms with E-state index in [9.17, 15) is 13.2 Å². The zero-order chi connectivity index (χ0) is 20.6. The zero-order valence-electron chi connectivity index (χ0n) is 16.1. The third-order valence-electron chi connectivity index (χ3n) is 5.64. The van der Waals surface area contributed by atoms with Crippen LogP contribution in [0.25, 0.3) is 0 Å². The van der Waals surface area contributed by atoms with E-state index in [1.165, 1.54) is 0 Å². The Labute approximate surface area is 176 Å². The van der Waals surface area contributed by atoms with Crippen LogP contribution in [0.3, 0.4) is 0 Å². The number of benzene rings is 2. The van der Waals surface area contributed by atoms with Gasteiger partial charge in [-0.1, -0.05) is 42.1 Å². The van der Waals surface area contributed by atoms with Gasteiger partial charge in [0.2, 0.25) is 5.91 Å². The summed E-state index contributed by atoms with van der Waals surface area (Å²) in [5.41, 5.74) is 1.84. The van der Waals surface area contributed by atoms with E-state index in [1.807, 2.05) is 6.92 Å². The molecule has 0 radical (unpaired) electrons. The quantitative estimate of drug-likeness (QED) is 0.688. The predicted molar refractivity (Wildman–Crippen MR) is 114 cm³/mol. The highest BCUT2D eigenvalue weighted by Gasteiger charge is 2.38. The maximum atomic E-state index is 12.9. The van der Waals surface area contributed by atoms with Gasteiger partial charge >= 0.3 is 0 Å². The number of rotatable bonds is 4. The number of hydrogen-bond acceptors (Lipinski definition) is 4. The van der Waals surface area contributed by atoms with E-state index in [1.54, 1.807) is 42.5 Å². The third-order valence-corrected chi connectivity index (χ3v) is 7.25. The highest BCUT2D eigenvalue weighted by molar-refractivity contribution is 7.92. The molecule has 1 amide bonds. The molecule has 154 valence electrons. The first kappa shape index (κ1) is 20.2. The first-order chi connectivity index (χ1) is 13.8. The molecule has 2 fully saturated rings. The Hall–Kier alpha value is -2.09. The van der Waals surface area contributed by atoms with Crippen molar-refractivity contribution in [2.45, 2.75) is 55.6 Å². The van der Waals surface area contributed by atoms with Crippen molar-refractivity contribution in [1.82, 2.24) is 10.6 Å². The molecular weight excluding hydrogens is 410 g/mol. The van der Waals surface area contributed by atoms with Crippen molar-refractivity contribution < 1.29 is 13.2 Å². The Bertz CT molecular complexity index is 1020. The van der Waals surface area contributed by atoms with E-state index in [0.29, 0.717) is 16.3 Å². The van der Waals surface area contributed by atoms with Crippen LogP contribution in [0, 0.1) is 6.92 Å². The van der Waals surface area contributed by atoms with Crippen LogP contribution < -0.4 is 15.4 Å². The van der Waals surface area contributed by atoms with E-state index >= 15 is 0 Å². The van der Waals surface area contributed by atoms with Crippen molar-refractivity contribution in [3.8, 4) is 0 Å². The summed E-state index contributed by atoms with van der Waals surface area (Å²) in [6.07, 6.45) is 4.15. The lowest BCUT2D eigenvalue weighted by Gasteiger charge is -2.41. The molecule has 1 heterocycles. The summed E-state index contributed by atoms with van der Waals surface area (Å²) in [6.45, 7) is 1.90. The molecule has 3 unspecified atom stereocenters. The fraction of sp³-hybridized carbons (Fsp3) is 0.381. The van der Waals surface area contributed by atoms with Crippen molar-refractivity contribution in [2.24, 2.45) is 0 Å². The van der Waals surface area contributed by atoms with Crippen molar-refractivity contribution in [2.75, 3.05) is 4.72 Å². The number of aryl methyl sites for hydroxylation is 1. The van der Waals surface area contributed by atoms with Crippen molar-refractivity contribution in [3.63, 3.8) is 0 Å². The monoisotopic (exact) mass is 433 g/mol. The Balaban J connectivity index is 1.66. The van der Waals surface area contributed by atoms with Crippen LogP contribution in [0.1, 0.15) is 42.9 Å². The fourth-order valence-corrected chi connectivity index (χ4v) is 5.34. The lowest BCUT2D eigenvalue weighted by molar-refractivity contribution is -0.127. The van der Waals surface area contributed by atoms with Gasteiger partial charge in [0.25, 0.3) is 10.0 Å². The lowest BCUT2D eigenvalue weighted by atomic mass is 9.86. The number of sulfonamides is 1. The molecule has 0 aromatic heterocycles. The average molecular weight is 434 g/mol. The molecule has 29 heavy (non-hydrogen) atoms. The van der Waals surface area contributed by atoms with Gasteiger partial charge in [0.05, 0.1) is 10.6 Å². The number of nitrogens with one attached hydrogen (secondary N) is 3. The summed E-state index contributed by atoms with van der Waals surface area (Å²) >= 11 is 6.19. The molecule has 0 bridgehead atoms. The van der Waals surface area contributed by atoms with Gasteiger partial charge in [-0.25, -0.2) is 8.42 Å². The fourth-order valence-electron chi connectivity index (χ4n) is 4.08. The minimum atomic E-state index is -3.80. The van der Waals surface area contributed by atoms with Gasteiger partial charge < -0.3 is 5.32 Å². The summed E-state index contributed by atoms with van der Waals surface area (Å²) in [5, 5.41) is 6.95. The summed E-state index contributed by atoms with van der Waals surface area (Å²) in [5.74, 6) is -0.161. The number of anilines is 1. The Morgan fingerprint density at radius 1 is 1.03 bits per heavy atom. The minimum Gasteiger partial charge on any atom is -0.350 e. The Morgan fingerprint density at radius 3 is 2.45 bits per heavy atom. The number of piperazine rings is 1. The molecule has 1 aliphatic carbocycles. The van der Waals surface area contributed by atoms with Gasteiger partial charge in [0.15, 0.2) is 0 Å². The molecule has 2 aliphatic rings. The summed E-state index contributed by atoms with van der Waals surface area (Å²) in [4.78, 5) is 13.0. The molecule has 1 saturated heterocycles. The topological polar surface area (TPSA) is 87.3 Å². The van der Waals surface area contributed by atoms with Crippen LogP contribution in [0.4, 0.5) is 5.69 Å². The molecule has 2 aromatic rings. The molecule has 1 aliphatic heterocycles. The normalized spacial score (nSPS) is 24.5. The SMILES string of the molecule is Cc1ccc(S(=O)(=O)Nc2ccc(Cl)cc2C2NC3CCCCC3NC2=O)cc1. The predicted octanol–water partition coefficient (Wildman–Crippen LogP) is 3.52. The van der Waals surface area contributed by atoms with Crippen molar-refractivity contribution in [3.05, 3.63) is 58.6 Å². The van der Waals surface area contributed by atoms with Crippen LogP contribution in [0.15, 0.2) is 47.4 Å². The number of halogens is 1. The van der Waals surface area contributed by atoms with Crippen LogP contribution in [-0.4, -0.2) is 26.4 Å². The highest BCUT2D eigenvalue weighted by Crippen LogP contribution is 2.33. The van der Waals surface area contributed by atoms with Crippen LogP contribution in [0.2, 0.25) is 5.02 Å². The number of carbonyl (C=O) groups is 1. The van der Waals surface area contributed by atoms with Gasteiger partial charge in [0.1, 0.15) is 6.04 Å². The molecule has 0 spiro atoms. The Kier molecular flexibility index (Phi) is 5.55.